The van der Waals surface area contributed by atoms with Crippen molar-refractivity contribution in [1.82, 2.24) is 9.80 Å². The fourth-order valence-electron chi connectivity index (χ4n) is 3.83. The van der Waals surface area contributed by atoms with Crippen LogP contribution in [0.1, 0.15) is 40.7 Å². The summed E-state index contributed by atoms with van der Waals surface area (Å²) < 4.78 is 0. The van der Waals surface area contributed by atoms with E-state index in [9.17, 15) is 9.59 Å². The fourth-order valence-corrected chi connectivity index (χ4v) is 3.83. The number of hydrogen-bond acceptors (Lipinski definition) is 3. The summed E-state index contributed by atoms with van der Waals surface area (Å²) in [5.41, 5.74) is 4.12. The molecule has 0 radical (unpaired) electrons. The lowest BCUT2D eigenvalue weighted by atomic mass is 10.1. The maximum absolute atomic E-state index is 12.9. The van der Waals surface area contributed by atoms with Crippen molar-refractivity contribution < 1.29 is 9.59 Å². The average molecular weight is 392 g/mol. The molecule has 2 fully saturated rings. The molecule has 5 nitrogen and oxygen atoms in total. The van der Waals surface area contributed by atoms with Crippen LogP contribution in [0.3, 0.4) is 0 Å². The second-order valence-electron chi connectivity index (χ2n) is 8.19. The summed E-state index contributed by atoms with van der Waals surface area (Å²) in [6, 6.07) is 15.8. The van der Waals surface area contributed by atoms with Crippen molar-refractivity contribution in [2.45, 2.75) is 32.7 Å². The van der Waals surface area contributed by atoms with E-state index in [-0.39, 0.29) is 17.7 Å². The number of benzene rings is 2. The lowest BCUT2D eigenvalue weighted by Crippen LogP contribution is -2.35. The molecule has 1 aliphatic carbocycles. The summed E-state index contributed by atoms with van der Waals surface area (Å²) in [6.07, 6.45) is 2.95. The molecule has 0 unspecified atom stereocenters. The molecule has 152 valence electrons. The molecule has 2 amide bonds. The minimum atomic E-state index is 0.0720. The first kappa shape index (κ1) is 19.6. The van der Waals surface area contributed by atoms with Crippen LogP contribution >= 0.6 is 0 Å². The Kier molecular flexibility index (Phi) is 5.95. The quantitative estimate of drug-likeness (QED) is 0.846. The van der Waals surface area contributed by atoms with Gasteiger partial charge in [-0.1, -0.05) is 24.3 Å². The molecule has 1 saturated heterocycles. The van der Waals surface area contributed by atoms with Gasteiger partial charge in [0, 0.05) is 49.9 Å². The molecule has 1 heterocycles. The van der Waals surface area contributed by atoms with Gasteiger partial charge in [0.2, 0.25) is 5.91 Å². The van der Waals surface area contributed by atoms with E-state index in [2.05, 4.69) is 41.4 Å². The number of rotatable bonds is 5. The zero-order chi connectivity index (χ0) is 20.2. The van der Waals surface area contributed by atoms with Gasteiger partial charge in [0.05, 0.1) is 0 Å². The highest BCUT2D eigenvalue weighted by Crippen LogP contribution is 2.30. The highest BCUT2D eigenvalue weighted by atomic mass is 16.2. The van der Waals surface area contributed by atoms with Crippen LogP contribution in [-0.2, 0) is 11.3 Å². The summed E-state index contributed by atoms with van der Waals surface area (Å²) in [5.74, 6) is 0.337. The molecule has 29 heavy (non-hydrogen) atoms. The molecule has 1 N–H and O–H groups in total. The molecule has 5 heteroatoms. The van der Waals surface area contributed by atoms with Gasteiger partial charge in [-0.3, -0.25) is 14.5 Å². The van der Waals surface area contributed by atoms with E-state index in [1.165, 1.54) is 11.1 Å². The highest BCUT2D eigenvalue weighted by molar-refractivity contribution is 5.96. The summed E-state index contributed by atoms with van der Waals surface area (Å²) in [7, 11) is 0. The minimum absolute atomic E-state index is 0.0720. The zero-order valence-electron chi connectivity index (χ0n) is 17.1. The molecule has 0 atom stereocenters. The van der Waals surface area contributed by atoms with E-state index < -0.39 is 0 Å². The smallest absolute Gasteiger partial charge is 0.253 e. The number of carbonyl (C=O) groups is 2. The predicted octanol–water partition coefficient (Wildman–Crippen LogP) is 3.69. The molecule has 1 saturated carbocycles. The molecule has 2 aliphatic rings. The fraction of sp³-hybridized carbons (Fsp3) is 0.417. The van der Waals surface area contributed by atoms with E-state index in [0.717, 1.165) is 57.7 Å². The van der Waals surface area contributed by atoms with Gasteiger partial charge in [-0.2, -0.15) is 0 Å². The first-order valence-corrected chi connectivity index (χ1v) is 10.6. The predicted molar refractivity (Wildman–Crippen MR) is 115 cm³/mol. The minimum Gasteiger partial charge on any atom is -0.337 e. The molecule has 1 aliphatic heterocycles. The lowest BCUT2D eigenvalue weighted by Gasteiger charge is -2.22. The second kappa shape index (κ2) is 8.78. The van der Waals surface area contributed by atoms with Crippen molar-refractivity contribution in [1.29, 1.82) is 0 Å². The molecule has 2 aromatic rings. The maximum Gasteiger partial charge on any atom is 0.253 e. The van der Waals surface area contributed by atoms with Crippen LogP contribution in [0.5, 0.6) is 0 Å². The van der Waals surface area contributed by atoms with Crippen molar-refractivity contribution in [2.75, 3.05) is 31.5 Å². The van der Waals surface area contributed by atoms with Gasteiger partial charge in [-0.25, -0.2) is 0 Å². The molecule has 0 aromatic heterocycles. The van der Waals surface area contributed by atoms with Crippen molar-refractivity contribution in [3.8, 4) is 0 Å². The third kappa shape index (κ3) is 5.04. The van der Waals surface area contributed by atoms with Crippen molar-refractivity contribution in [3.05, 3.63) is 65.2 Å². The molecular weight excluding hydrogens is 362 g/mol. The Morgan fingerprint density at radius 2 is 1.72 bits per heavy atom. The van der Waals surface area contributed by atoms with E-state index in [0.29, 0.717) is 5.56 Å². The van der Waals surface area contributed by atoms with Gasteiger partial charge < -0.3 is 10.2 Å². The molecule has 2 aromatic carbocycles. The largest absolute Gasteiger partial charge is 0.337 e. The number of nitrogens with one attached hydrogen (secondary N) is 1. The van der Waals surface area contributed by atoms with Crippen LogP contribution in [0.4, 0.5) is 5.69 Å². The van der Waals surface area contributed by atoms with Crippen LogP contribution in [-0.4, -0.2) is 47.8 Å². The summed E-state index contributed by atoms with van der Waals surface area (Å²) in [4.78, 5) is 29.2. The SMILES string of the molecule is Cc1ccccc1CN1CCCN(C(=O)c2ccc(NC(=O)C3CC3)cc2)CC1. The van der Waals surface area contributed by atoms with Gasteiger partial charge in [0.25, 0.3) is 5.91 Å². The standard InChI is InChI=1S/C24H29N3O2/c1-18-5-2-3-6-21(18)17-26-13-4-14-27(16-15-26)24(29)20-9-11-22(12-10-20)25-23(28)19-7-8-19/h2-3,5-6,9-12,19H,4,7-8,13-17H2,1H3,(H,25,28). The topological polar surface area (TPSA) is 52.6 Å². The van der Waals surface area contributed by atoms with Crippen LogP contribution in [0.25, 0.3) is 0 Å². The van der Waals surface area contributed by atoms with Crippen molar-refractivity contribution in [3.63, 3.8) is 0 Å². The Balaban J connectivity index is 1.33. The number of carbonyl (C=O) groups excluding carboxylic acids is 2. The molecule has 0 spiro atoms. The Morgan fingerprint density at radius 3 is 2.45 bits per heavy atom. The van der Waals surface area contributed by atoms with Crippen LogP contribution < -0.4 is 5.32 Å². The lowest BCUT2D eigenvalue weighted by molar-refractivity contribution is -0.117. The van der Waals surface area contributed by atoms with E-state index in [4.69, 9.17) is 0 Å². The first-order chi connectivity index (χ1) is 14.1. The maximum atomic E-state index is 12.9. The van der Waals surface area contributed by atoms with Gasteiger partial charge in [0.1, 0.15) is 0 Å². The molecule has 4 rings (SSSR count). The first-order valence-electron chi connectivity index (χ1n) is 10.6. The zero-order valence-corrected chi connectivity index (χ0v) is 17.1. The highest BCUT2D eigenvalue weighted by Gasteiger charge is 2.29. The van der Waals surface area contributed by atoms with Crippen LogP contribution in [0.2, 0.25) is 0 Å². The molecule has 0 bridgehead atoms. The third-order valence-electron chi connectivity index (χ3n) is 5.88. The van der Waals surface area contributed by atoms with Crippen LogP contribution in [0.15, 0.2) is 48.5 Å². The number of nitrogens with zero attached hydrogens (tertiary/aromatic N) is 2. The van der Waals surface area contributed by atoms with Gasteiger partial charge >= 0.3 is 0 Å². The summed E-state index contributed by atoms with van der Waals surface area (Å²) >= 11 is 0. The van der Waals surface area contributed by atoms with Gasteiger partial charge in [-0.15, -0.1) is 0 Å². The third-order valence-corrected chi connectivity index (χ3v) is 5.88. The van der Waals surface area contributed by atoms with E-state index in [1.807, 2.05) is 29.2 Å². The monoisotopic (exact) mass is 391 g/mol. The van der Waals surface area contributed by atoms with E-state index >= 15 is 0 Å². The Labute approximate surface area is 172 Å². The van der Waals surface area contributed by atoms with Crippen LogP contribution in [0, 0.1) is 12.8 Å². The molecular formula is C24H29N3O2. The van der Waals surface area contributed by atoms with Gasteiger partial charge in [0.15, 0.2) is 0 Å². The summed E-state index contributed by atoms with van der Waals surface area (Å²) in [6.45, 7) is 6.50. The normalized spacial score (nSPS) is 17.6. The van der Waals surface area contributed by atoms with Gasteiger partial charge in [-0.05, 0) is 61.6 Å². The van der Waals surface area contributed by atoms with Crippen molar-refractivity contribution in [2.24, 2.45) is 5.92 Å². The number of aryl methyl sites for hydroxylation is 1. The summed E-state index contributed by atoms with van der Waals surface area (Å²) in [5, 5.41) is 2.92. The second-order valence-corrected chi connectivity index (χ2v) is 8.19. The Bertz CT molecular complexity index is 874. The Morgan fingerprint density at radius 1 is 0.966 bits per heavy atom. The average Bonchev–Trinajstić information content (AvgIpc) is 3.58. The number of anilines is 1. The number of amides is 2. The number of hydrogen-bond donors (Lipinski definition) is 1. The Hall–Kier alpha value is -2.66. The van der Waals surface area contributed by atoms with E-state index in [1.54, 1.807) is 0 Å². The van der Waals surface area contributed by atoms with Crippen molar-refractivity contribution >= 4 is 17.5 Å².